The van der Waals surface area contributed by atoms with Crippen LogP contribution in [0.3, 0.4) is 0 Å². The maximum absolute atomic E-state index is 14.0. The topological polar surface area (TPSA) is 100 Å². The van der Waals surface area contributed by atoms with Crippen LogP contribution >= 0.6 is 11.6 Å². The number of benzene rings is 2. The van der Waals surface area contributed by atoms with Crippen LogP contribution in [-0.4, -0.2) is 32.5 Å². The predicted molar refractivity (Wildman–Crippen MR) is 111 cm³/mol. The number of rotatable bonds is 5. The normalized spacial score (nSPS) is 10.9. The Bertz CT molecular complexity index is 1340. The second-order valence-corrected chi connectivity index (χ2v) is 6.99. The van der Waals surface area contributed by atoms with Gasteiger partial charge in [0.25, 0.3) is 5.69 Å². The molecule has 10 heteroatoms. The number of ether oxygens (including phenoxy) is 1. The molecule has 2 aromatic heterocycles. The number of hydrogen-bond acceptors (Lipinski definition) is 6. The molecule has 2 heterocycles. The van der Waals surface area contributed by atoms with Crippen molar-refractivity contribution in [1.29, 1.82) is 0 Å². The zero-order valence-corrected chi connectivity index (χ0v) is 16.8. The number of nitro benzene ring substituents is 1. The molecule has 2 aromatic carbocycles. The Morgan fingerprint density at radius 2 is 2.00 bits per heavy atom. The molecule has 0 saturated carbocycles. The fourth-order valence-corrected chi connectivity index (χ4v) is 3.33. The maximum Gasteiger partial charge on any atom is 0.357 e. The van der Waals surface area contributed by atoms with Gasteiger partial charge >= 0.3 is 5.97 Å². The van der Waals surface area contributed by atoms with E-state index in [1.807, 2.05) is 0 Å². The van der Waals surface area contributed by atoms with E-state index in [0.717, 1.165) is 0 Å². The van der Waals surface area contributed by atoms with Gasteiger partial charge in [-0.25, -0.2) is 19.2 Å². The van der Waals surface area contributed by atoms with Crippen molar-refractivity contribution in [3.8, 4) is 11.4 Å². The first-order valence-corrected chi connectivity index (χ1v) is 9.39. The summed E-state index contributed by atoms with van der Waals surface area (Å²) >= 11 is 5.76. The molecule has 0 fully saturated rings. The Kier molecular flexibility index (Phi) is 5.35. The Morgan fingerprint density at radius 1 is 1.23 bits per heavy atom. The number of para-hydroxylation sites is 1. The van der Waals surface area contributed by atoms with Crippen LogP contribution in [0.25, 0.3) is 22.4 Å². The van der Waals surface area contributed by atoms with Gasteiger partial charge in [0, 0.05) is 23.4 Å². The molecule has 0 aliphatic rings. The highest BCUT2D eigenvalue weighted by molar-refractivity contribution is 6.30. The summed E-state index contributed by atoms with van der Waals surface area (Å²) in [6.07, 6.45) is 1.65. The second kappa shape index (κ2) is 8.11. The van der Waals surface area contributed by atoms with E-state index >= 15 is 0 Å². The molecule has 0 N–H and O–H groups in total. The van der Waals surface area contributed by atoms with E-state index in [4.69, 9.17) is 16.3 Å². The van der Waals surface area contributed by atoms with Gasteiger partial charge in [-0.05, 0) is 24.3 Å². The molecule has 31 heavy (non-hydrogen) atoms. The third-order valence-corrected chi connectivity index (χ3v) is 5.01. The Morgan fingerprint density at radius 3 is 2.71 bits per heavy atom. The fraction of sp³-hybridized carbons (Fsp3) is 0.0952. The summed E-state index contributed by atoms with van der Waals surface area (Å²) in [4.78, 5) is 32.0. The van der Waals surface area contributed by atoms with E-state index in [9.17, 15) is 19.3 Å². The molecule has 4 aromatic rings. The minimum Gasteiger partial charge on any atom is -0.464 e. The van der Waals surface area contributed by atoms with E-state index in [2.05, 4.69) is 9.97 Å². The van der Waals surface area contributed by atoms with E-state index in [-0.39, 0.29) is 28.8 Å². The first-order valence-electron chi connectivity index (χ1n) is 9.02. The van der Waals surface area contributed by atoms with Crippen LogP contribution in [0.4, 0.5) is 10.1 Å². The lowest BCUT2D eigenvalue weighted by Crippen LogP contribution is -2.09. The van der Waals surface area contributed by atoms with Gasteiger partial charge in [-0.2, -0.15) is 0 Å². The zero-order chi connectivity index (χ0) is 22.1. The standard InChI is InChI=1S/C21H14ClFN4O4/c1-31-21(28)18-14-8-9-26(11-13-4-2-3-5-17(13)27(29)30)20(14)25-19(24-18)12-6-7-15(22)16(23)10-12/h2-10H,11H2,1H3. The molecule has 156 valence electrons. The van der Waals surface area contributed by atoms with Crippen LogP contribution in [0.1, 0.15) is 16.1 Å². The molecular weight excluding hydrogens is 427 g/mol. The molecule has 0 unspecified atom stereocenters. The number of nitrogens with zero attached hydrogens (tertiary/aromatic N) is 4. The van der Waals surface area contributed by atoms with Crippen LogP contribution in [-0.2, 0) is 11.3 Å². The Labute approximate surface area is 180 Å². The molecule has 0 bridgehead atoms. The van der Waals surface area contributed by atoms with Gasteiger partial charge in [0.15, 0.2) is 11.5 Å². The second-order valence-electron chi connectivity index (χ2n) is 6.58. The largest absolute Gasteiger partial charge is 0.464 e. The Balaban J connectivity index is 1.90. The molecule has 0 amide bonds. The van der Waals surface area contributed by atoms with Gasteiger partial charge in [-0.1, -0.05) is 29.8 Å². The van der Waals surface area contributed by atoms with E-state index in [1.54, 1.807) is 35.0 Å². The molecule has 0 atom stereocenters. The SMILES string of the molecule is COC(=O)c1nc(-c2ccc(Cl)c(F)c2)nc2c1ccn2Cc1ccccc1[N+](=O)[O-]. The number of carbonyl (C=O) groups is 1. The highest BCUT2D eigenvalue weighted by Crippen LogP contribution is 2.27. The van der Waals surface area contributed by atoms with E-state index < -0.39 is 16.7 Å². The van der Waals surface area contributed by atoms with Crippen LogP contribution in [0, 0.1) is 15.9 Å². The molecule has 0 spiro atoms. The zero-order valence-electron chi connectivity index (χ0n) is 16.1. The van der Waals surface area contributed by atoms with Crippen molar-refractivity contribution >= 4 is 34.3 Å². The van der Waals surface area contributed by atoms with Crippen molar-refractivity contribution in [2.75, 3.05) is 7.11 Å². The summed E-state index contributed by atoms with van der Waals surface area (Å²) in [6, 6.07) is 12.0. The summed E-state index contributed by atoms with van der Waals surface area (Å²) in [7, 11) is 1.22. The molecule has 8 nitrogen and oxygen atoms in total. The molecule has 0 aliphatic carbocycles. The van der Waals surface area contributed by atoms with Crippen molar-refractivity contribution < 1.29 is 18.8 Å². The van der Waals surface area contributed by atoms with Crippen molar-refractivity contribution in [3.05, 3.63) is 86.9 Å². The van der Waals surface area contributed by atoms with Gasteiger partial charge in [0.2, 0.25) is 0 Å². The third kappa shape index (κ3) is 3.82. The van der Waals surface area contributed by atoms with Crippen LogP contribution in [0.2, 0.25) is 5.02 Å². The van der Waals surface area contributed by atoms with E-state index in [1.165, 1.54) is 31.4 Å². The average Bonchev–Trinajstić information content (AvgIpc) is 3.17. The summed E-state index contributed by atoms with van der Waals surface area (Å²) < 4.78 is 20.5. The first kappa shape index (κ1) is 20.4. The molecular formula is C21H14ClFN4O4. The average molecular weight is 441 g/mol. The molecule has 4 rings (SSSR count). The van der Waals surface area contributed by atoms with Crippen molar-refractivity contribution in [3.63, 3.8) is 0 Å². The summed E-state index contributed by atoms with van der Waals surface area (Å²) in [5.74, 6) is -1.25. The predicted octanol–water partition coefficient (Wildman–Crippen LogP) is 4.63. The number of hydrogen-bond donors (Lipinski definition) is 0. The Hall–Kier alpha value is -3.85. The number of carbonyl (C=O) groups excluding carboxylic acids is 1. The number of aromatic nitrogens is 3. The highest BCUT2D eigenvalue weighted by atomic mass is 35.5. The lowest BCUT2D eigenvalue weighted by Gasteiger charge is -2.09. The van der Waals surface area contributed by atoms with Gasteiger partial charge in [0.1, 0.15) is 11.5 Å². The van der Waals surface area contributed by atoms with Crippen LogP contribution < -0.4 is 0 Å². The van der Waals surface area contributed by atoms with E-state index in [0.29, 0.717) is 22.2 Å². The van der Waals surface area contributed by atoms with Crippen molar-refractivity contribution in [1.82, 2.24) is 14.5 Å². The first-order chi connectivity index (χ1) is 14.9. The maximum atomic E-state index is 14.0. The summed E-state index contributed by atoms with van der Waals surface area (Å²) in [5.41, 5.74) is 1.08. The minimum absolute atomic E-state index is 0.000769. The van der Waals surface area contributed by atoms with Crippen LogP contribution in [0.5, 0.6) is 0 Å². The molecule has 0 radical (unpaired) electrons. The number of esters is 1. The van der Waals surface area contributed by atoms with Gasteiger partial charge in [-0.15, -0.1) is 0 Å². The van der Waals surface area contributed by atoms with Gasteiger partial charge < -0.3 is 9.30 Å². The van der Waals surface area contributed by atoms with Gasteiger partial charge in [0.05, 0.1) is 29.0 Å². The van der Waals surface area contributed by atoms with Crippen molar-refractivity contribution in [2.24, 2.45) is 0 Å². The third-order valence-electron chi connectivity index (χ3n) is 4.70. The quantitative estimate of drug-likeness (QED) is 0.255. The molecule has 0 aliphatic heterocycles. The van der Waals surface area contributed by atoms with Crippen LogP contribution in [0.15, 0.2) is 54.7 Å². The number of nitro groups is 1. The lowest BCUT2D eigenvalue weighted by atomic mass is 10.1. The monoisotopic (exact) mass is 440 g/mol. The number of halogens is 2. The summed E-state index contributed by atoms with van der Waals surface area (Å²) in [5, 5.41) is 11.7. The minimum atomic E-state index is -0.688. The fourth-order valence-electron chi connectivity index (χ4n) is 3.22. The number of fused-ring (bicyclic) bond motifs is 1. The van der Waals surface area contributed by atoms with Gasteiger partial charge in [-0.3, -0.25) is 10.1 Å². The lowest BCUT2D eigenvalue weighted by molar-refractivity contribution is -0.385. The highest BCUT2D eigenvalue weighted by Gasteiger charge is 2.21. The summed E-state index contributed by atoms with van der Waals surface area (Å²) in [6.45, 7) is 0.132. The smallest absolute Gasteiger partial charge is 0.357 e. The molecule has 0 saturated heterocycles. The van der Waals surface area contributed by atoms with Crippen molar-refractivity contribution in [2.45, 2.75) is 6.54 Å². The number of methoxy groups -OCH3 is 1.